The molecule has 1 aromatic heterocycles. The first kappa shape index (κ1) is 16.3. The maximum absolute atomic E-state index is 12.6. The second-order valence-corrected chi connectivity index (χ2v) is 7.02. The molecule has 1 aliphatic carbocycles. The van der Waals surface area contributed by atoms with Gasteiger partial charge < -0.3 is 19.7 Å². The third kappa shape index (κ3) is 3.86. The quantitative estimate of drug-likeness (QED) is 0.902. The van der Waals surface area contributed by atoms with E-state index in [9.17, 15) is 4.79 Å². The molecule has 128 valence electrons. The normalized spacial score (nSPS) is 27.8. The molecule has 6 heteroatoms. The van der Waals surface area contributed by atoms with E-state index in [-0.39, 0.29) is 12.1 Å². The van der Waals surface area contributed by atoms with Gasteiger partial charge in [0, 0.05) is 32.0 Å². The van der Waals surface area contributed by atoms with E-state index in [1.54, 1.807) is 0 Å². The fourth-order valence-corrected chi connectivity index (χ4v) is 3.92. The first-order valence-corrected chi connectivity index (χ1v) is 8.88. The van der Waals surface area contributed by atoms with Crippen molar-refractivity contribution in [2.45, 2.75) is 44.7 Å². The summed E-state index contributed by atoms with van der Waals surface area (Å²) in [5.74, 6) is 0.610. The van der Waals surface area contributed by atoms with E-state index < -0.39 is 0 Å². The van der Waals surface area contributed by atoms with Crippen LogP contribution >= 0.6 is 0 Å². The maximum atomic E-state index is 12.6. The lowest BCUT2D eigenvalue weighted by Gasteiger charge is -2.26. The molecular weight excluding hydrogens is 290 g/mol. The number of hydrogen-bond donors (Lipinski definition) is 1. The summed E-state index contributed by atoms with van der Waals surface area (Å²) >= 11 is 0. The van der Waals surface area contributed by atoms with Gasteiger partial charge in [0.25, 0.3) is 0 Å². The third-order valence-corrected chi connectivity index (χ3v) is 5.38. The minimum Gasteiger partial charge on any atom is -0.333 e. The number of nitrogens with zero attached hydrogens (tertiary/aromatic N) is 4. The van der Waals surface area contributed by atoms with Gasteiger partial charge in [-0.25, -0.2) is 9.78 Å². The van der Waals surface area contributed by atoms with Crippen LogP contribution in [0.2, 0.25) is 0 Å². The number of likely N-dealkylation sites (tertiary alicyclic amines) is 1. The molecule has 1 aliphatic heterocycles. The van der Waals surface area contributed by atoms with E-state index in [2.05, 4.69) is 33.7 Å². The van der Waals surface area contributed by atoms with E-state index in [1.165, 1.54) is 0 Å². The number of amides is 2. The Kier molecular flexibility index (Phi) is 5.20. The Bertz CT molecular complexity index is 503. The van der Waals surface area contributed by atoms with Crippen molar-refractivity contribution in [3.8, 4) is 0 Å². The summed E-state index contributed by atoms with van der Waals surface area (Å²) in [5, 5.41) is 3.27. The fourth-order valence-electron chi connectivity index (χ4n) is 3.92. The van der Waals surface area contributed by atoms with E-state index in [0.29, 0.717) is 12.0 Å². The molecule has 0 spiro atoms. The number of rotatable bonds is 5. The van der Waals surface area contributed by atoms with Crippen molar-refractivity contribution in [3.63, 3.8) is 0 Å². The van der Waals surface area contributed by atoms with Crippen LogP contribution in [0.1, 0.15) is 38.6 Å². The standard InChI is InChI=1S/C17H29N5O/c1-3-20(2)11-14-7-9-21(12-14)17(23)19-15-5-4-6-16(15)22-10-8-18-13-22/h8,10,13-16H,3-7,9,11-12H2,1-2H3,(H,19,23). The van der Waals surface area contributed by atoms with Crippen molar-refractivity contribution in [1.29, 1.82) is 0 Å². The Hall–Kier alpha value is -1.56. The lowest BCUT2D eigenvalue weighted by atomic mass is 10.1. The number of imidazole rings is 1. The van der Waals surface area contributed by atoms with Crippen LogP contribution in [0.15, 0.2) is 18.7 Å². The molecule has 1 saturated carbocycles. The molecule has 0 aromatic carbocycles. The molecular formula is C17H29N5O. The molecule has 2 heterocycles. The second kappa shape index (κ2) is 7.34. The zero-order chi connectivity index (χ0) is 16.2. The first-order chi connectivity index (χ1) is 11.2. The molecule has 2 amide bonds. The van der Waals surface area contributed by atoms with Gasteiger partial charge >= 0.3 is 6.03 Å². The smallest absolute Gasteiger partial charge is 0.317 e. The monoisotopic (exact) mass is 319 g/mol. The fraction of sp³-hybridized carbons (Fsp3) is 0.765. The van der Waals surface area contributed by atoms with Gasteiger partial charge in [-0.2, -0.15) is 0 Å². The molecule has 3 rings (SSSR count). The SMILES string of the molecule is CCN(C)CC1CCN(C(=O)NC2CCCC2n2ccnc2)C1. The van der Waals surface area contributed by atoms with Crippen molar-refractivity contribution < 1.29 is 4.79 Å². The molecule has 6 nitrogen and oxygen atoms in total. The number of nitrogens with one attached hydrogen (secondary N) is 1. The zero-order valence-corrected chi connectivity index (χ0v) is 14.3. The van der Waals surface area contributed by atoms with Crippen LogP contribution in [0.3, 0.4) is 0 Å². The summed E-state index contributed by atoms with van der Waals surface area (Å²) in [6.45, 7) is 6.10. The van der Waals surface area contributed by atoms with Crippen LogP contribution in [-0.2, 0) is 0 Å². The average molecular weight is 319 g/mol. The minimum absolute atomic E-state index is 0.115. The van der Waals surface area contributed by atoms with E-state index in [4.69, 9.17) is 0 Å². The highest BCUT2D eigenvalue weighted by Gasteiger charge is 2.33. The van der Waals surface area contributed by atoms with Crippen molar-refractivity contribution in [2.75, 3.05) is 33.2 Å². The summed E-state index contributed by atoms with van der Waals surface area (Å²) in [7, 11) is 2.15. The first-order valence-electron chi connectivity index (χ1n) is 8.88. The largest absolute Gasteiger partial charge is 0.333 e. The van der Waals surface area contributed by atoms with Crippen LogP contribution < -0.4 is 5.32 Å². The second-order valence-electron chi connectivity index (χ2n) is 7.02. The molecule has 0 bridgehead atoms. The van der Waals surface area contributed by atoms with Gasteiger partial charge in [-0.3, -0.25) is 0 Å². The van der Waals surface area contributed by atoms with Gasteiger partial charge in [0.15, 0.2) is 0 Å². The van der Waals surface area contributed by atoms with Crippen LogP contribution in [-0.4, -0.2) is 64.7 Å². The van der Waals surface area contributed by atoms with Gasteiger partial charge in [-0.05, 0) is 45.2 Å². The molecule has 23 heavy (non-hydrogen) atoms. The highest BCUT2D eigenvalue weighted by Crippen LogP contribution is 2.30. The Morgan fingerprint density at radius 1 is 1.39 bits per heavy atom. The van der Waals surface area contributed by atoms with Crippen LogP contribution in [0.4, 0.5) is 4.79 Å². The Morgan fingerprint density at radius 2 is 2.26 bits per heavy atom. The van der Waals surface area contributed by atoms with Crippen LogP contribution in [0.5, 0.6) is 0 Å². The molecule has 3 unspecified atom stereocenters. The van der Waals surface area contributed by atoms with Gasteiger partial charge in [-0.15, -0.1) is 0 Å². The van der Waals surface area contributed by atoms with Gasteiger partial charge in [0.1, 0.15) is 0 Å². The number of carbonyl (C=O) groups excluding carboxylic acids is 1. The average Bonchev–Trinajstić information content (AvgIpc) is 3.27. The molecule has 2 fully saturated rings. The Labute approximate surface area is 138 Å². The van der Waals surface area contributed by atoms with Crippen LogP contribution in [0.25, 0.3) is 0 Å². The predicted molar refractivity (Wildman–Crippen MR) is 90.3 cm³/mol. The summed E-state index contributed by atoms with van der Waals surface area (Å²) < 4.78 is 2.14. The topological polar surface area (TPSA) is 53.4 Å². The lowest BCUT2D eigenvalue weighted by Crippen LogP contribution is -2.45. The Balaban J connectivity index is 1.51. The number of urea groups is 1. The van der Waals surface area contributed by atoms with Crippen molar-refractivity contribution in [1.82, 2.24) is 24.7 Å². The molecule has 2 aliphatic rings. The maximum Gasteiger partial charge on any atom is 0.317 e. The number of aromatic nitrogens is 2. The van der Waals surface area contributed by atoms with Crippen LogP contribution in [0, 0.1) is 5.92 Å². The number of hydrogen-bond acceptors (Lipinski definition) is 3. The summed E-state index contributed by atoms with van der Waals surface area (Å²) in [6.07, 6.45) is 10.1. The van der Waals surface area contributed by atoms with Crippen molar-refractivity contribution in [2.24, 2.45) is 5.92 Å². The van der Waals surface area contributed by atoms with E-state index in [1.807, 2.05) is 23.6 Å². The van der Waals surface area contributed by atoms with E-state index >= 15 is 0 Å². The predicted octanol–water partition coefficient (Wildman–Crippen LogP) is 1.96. The molecule has 0 radical (unpaired) electrons. The van der Waals surface area contributed by atoms with Gasteiger partial charge in [0.05, 0.1) is 18.4 Å². The summed E-state index contributed by atoms with van der Waals surface area (Å²) in [6, 6.07) is 0.698. The molecule has 3 atom stereocenters. The van der Waals surface area contributed by atoms with Crippen molar-refractivity contribution in [3.05, 3.63) is 18.7 Å². The van der Waals surface area contributed by atoms with Gasteiger partial charge in [0.2, 0.25) is 0 Å². The molecule has 1 N–H and O–H groups in total. The minimum atomic E-state index is 0.115. The lowest BCUT2D eigenvalue weighted by molar-refractivity contribution is 0.197. The van der Waals surface area contributed by atoms with E-state index in [0.717, 1.165) is 51.9 Å². The Morgan fingerprint density at radius 3 is 3.00 bits per heavy atom. The zero-order valence-electron chi connectivity index (χ0n) is 14.3. The summed E-state index contributed by atoms with van der Waals surface area (Å²) in [5.41, 5.74) is 0. The molecule has 1 aromatic rings. The highest BCUT2D eigenvalue weighted by atomic mass is 16.2. The highest BCUT2D eigenvalue weighted by molar-refractivity contribution is 5.75. The van der Waals surface area contributed by atoms with Gasteiger partial charge in [-0.1, -0.05) is 6.92 Å². The molecule has 1 saturated heterocycles. The summed E-state index contributed by atoms with van der Waals surface area (Å²) in [4.78, 5) is 21.1. The number of carbonyl (C=O) groups is 1. The third-order valence-electron chi connectivity index (χ3n) is 5.38. The van der Waals surface area contributed by atoms with Crippen molar-refractivity contribution >= 4 is 6.03 Å².